The summed E-state index contributed by atoms with van der Waals surface area (Å²) in [6.07, 6.45) is 9.66. The molecule has 0 saturated carbocycles. The number of anilines is 2. The Kier molecular flexibility index (Phi) is 14.8. The maximum atomic E-state index is 13.3. The van der Waals surface area contributed by atoms with Crippen molar-refractivity contribution in [1.82, 2.24) is 30.5 Å². The number of amidine groups is 2. The summed E-state index contributed by atoms with van der Waals surface area (Å²) in [4.78, 5) is 69.5. The minimum atomic E-state index is -0.774. The van der Waals surface area contributed by atoms with Gasteiger partial charge >= 0.3 is 0 Å². The van der Waals surface area contributed by atoms with Crippen LogP contribution in [0.5, 0.6) is 0 Å². The van der Waals surface area contributed by atoms with Crippen molar-refractivity contribution >= 4 is 85.8 Å². The topological polar surface area (TPSA) is 202 Å². The van der Waals surface area contributed by atoms with Gasteiger partial charge in [0.2, 0.25) is 17.7 Å². The molecule has 0 radical (unpaired) electrons. The van der Waals surface area contributed by atoms with Crippen molar-refractivity contribution in [3.8, 4) is 0 Å². The predicted molar refractivity (Wildman–Crippen MR) is 238 cm³/mol. The van der Waals surface area contributed by atoms with E-state index in [0.717, 1.165) is 77.9 Å². The quantitative estimate of drug-likeness (QED) is 0.0404. The lowest BCUT2D eigenvalue weighted by Gasteiger charge is -2.24. The molecule has 1 atom stereocenters. The Labute approximate surface area is 359 Å². The summed E-state index contributed by atoms with van der Waals surface area (Å²) in [6.45, 7) is 7.32. The van der Waals surface area contributed by atoms with Crippen molar-refractivity contribution in [2.24, 2.45) is 12.0 Å². The van der Waals surface area contributed by atoms with E-state index in [1.54, 1.807) is 41.6 Å². The van der Waals surface area contributed by atoms with E-state index in [-0.39, 0.29) is 48.3 Å². The van der Waals surface area contributed by atoms with E-state index < -0.39 is 6.04 Å². The first-order chi connectivity index (χ1) is 28.8. The predicted octanol–water partition coefficient (Wildman–Crippen LogP) is 6.60. The Morgan fingerprint density at radius 3 is 2.38 bits per heavy atom. The van der Waals surface area contributed by atoms with Crippen molar-refractivity contribution < 1.29 is 19.2 Å². The molecule has 0 aliphatic carbocycles. The van der Waals surface area contributed by atoms with Gasteiger partial charge in [-0.25, -0.2) is 9.97 Å². The van der Waals surface area contributed by atoms with E-state index >= 15 is 0 Å². The first kappa shape index (κ1) is 44.1. The number of hydrogen-bond donors (Lipinski definition) is 5. The van der Waals surface area contributed by atoms with E-state index in [1.165, 1.54) is 17.7 Å². The Morgan fingerprint density at radius 2 is 1.67 bits per heavy atom. The monoisotopic (exact) mass is 855 g/mol. The number of hydrogen-bond acceptors (Lipinski definition) is 11. The molecule has 5 heterocycles. The molecule has 0 spiro atoms. The second-order valence-electron chi connectivity index (χ2n) is 15.4. The fourth-order valence-electron chi connectivity index (χ4n) is 7.66. The van der Waals surface area contributed by atoms with Crippen LogP contribution in [0.25, 0.3) is 11.0 Å². The summed E-state index contributed by atoms with van der Waals surface area (Å²) >= 11 is 7.73. The molecule has 5 N–H and O–H groups in total. The van der Waals surface area contributed by atoms with Gasteiger partial charge < -0.3 is 20.1 Å². The maximum Gasteiger partial charge on any atom is 0.267 e. The average Bonchev–Trinajstić information content (AvgIpc) is 3.66. The van der Waals surface area contributed by atoms with E-state index in [4.69, 9.17) is 27.4 Å². The van der Waals surface area contributed by atoms with Crippen LogP contribution in [-0.4, -0.2) is 87.8 Å². The molecular formula is C43H54ClN11O4S. The summed E-state index contributed by atoms with van der Waals surface area (Å²) < 4.78 is 1.74. The smallest absolute Gasteiger partial charge is 0.267 e. The second-order valence-corrected chi connectivity index (χ2v) is 17.1. The molecule has 60 heavy (non-hydrogen) atoms. The number of imide groups is 1. The van der Waals surface area contributed by atoms with Crippen molar-refractivity contribution in [2.45, 2.75) is 97.4 Å². The molecule has 1 aromatic carbocycles. The summed E-state index contributed by atoms with van der Waals surface area (Å²) in [5.41, 5.74) is 4.47. The molecule has 6 rings (SSSR count). The minimum Gasteiger partial charge on any atom is -0.356 e. The number of aliphatic imine (C=N–C) groups is 1. The van der Waals surface area contributed by atoms with Crippen molar-refractivity contribution in [1.29, 1.82) is 10.8 Å². The van der Waals surface area contributed by atoms with Gasteiger partial charge in [-0.05, 0) is 70.2 Å². The van der Waals surface area contributed by atoms with E-state index in [2.05, 4.69) is 25.9 Å². The minimum absolute atomic E-state index is 0.00786. The maximum absolute atomic E-state index is 13.3. The highest BCUT2D eigenvalue weighted by Crippen LogP contribution is 2.40. The zero-order valence-corrected chi connectivity index (χ0v) is 36.3. The number of benzene rings is 1. The van der Waals surface area contributed by atoms with E-state index in [9.17, 15) is 19.2 Å². The summed E-state index contributed by atoms with van der Waals surface area (Å²) in [5, 5.41) is 28.2. The van der Waals surface area contributed by atoms with Gasteiger partial charge in [-0.3, -0.25) is 45.2 Å². The zero-order chi connectivity index (χ0) is 42.9. The third-order valence-corrected chi connectivity index (χ3v) is 12.4. The molecule has 2 aliphatic rings. The van der Waals surface area contributed by atoms with Gasteiger partial charge in [-0.1, -0.05) is 55.8 Å². The molecule has 0 bridgehead atoms. The highest BCUT2D eigenvalue weighted by Gasteiger charge is 2.35. The molecule has 0 unspecified atom stereocenters. The molecule has 2 aliphatic heterocycles. The van der Waals surface area contributed by atoms with Crippen LogP contribution < -0.4 is 25.8 Å². The normalized spacial score (nSPS) is 16.2. The first-order valence-corrected chi connectivity index (χ1v) is 21.8. The van der Waals surface area contributed by atoms with Crippen LogP contribution in [0, 0.1) is 24.7 Å². The number of carbonyl (C=O) groups excluding carboxylic acids is 4. The van der Waals surface area contributed by atoms with Crippen molar-refractivity contribution in [3.05, 3.63) is 68.9 Å². The number of halogens is 1. The van der Waals surface area contributed by atoms with Crippen LogP contribution in [0.2, 0.25) is 5.02 Å². The summed E-state index contributed by atoms with van der Waals surface area (Å²) in [7, 11) is 1.78. The number of unbranched alkanes of at least 4 members (excludes halogenated alkanes) is 5. The van der Waals surface area contributed by atoms with Crippen LogP contribution in [-0.2, 0) is 21.4 Å². The Bertz CT molecular complexity index is 2300. The van der Waals surface area contributed by atoms with Gasteiger partial charge in [0, 0.05) is 54.1 Å². The molecule has 4 aromatic rings. The molecule has 1 fully saturated rings. The van der Waals surface area contributed by atoms with Crippen LogP contribution >= 0.6 is 22.9 Å². The van der Waals surface area contributed by atoms with Crippen LogP contribution in [0.15, 0.2) is 41.7 Å². The number of rotatable bonds is 14. The Hall–Kier alpha value is -5.48. The van der Waals surface area contributed by atoms with Crippen LogP contribution in [0.4, 0.5) is 10.8 Å². The van der Waals surface area contributed by atoms with E-state index in [1.807, 2.05) is 30.9 Å². The molecule has 17 heteroatoms. The third kappa shape index (κ3) is 10.4. The summed E-state index contributed by atoms with van der Waals surface area (Å²) in [5.74, 6) is -0.199. The number of nitrogens with zero attached hydrogens (tertiary/aromatic N) is 6. The highest BCUT2D eigenvalue weighted by atomic mass is 35.5. The van der Waals surface area contributed by atoms with Gasteiger partial charge in [0.25, 0.3) is 5.91 Å². The van der Waals surface area contributed by atoms with Gasteiger partial charge in [0.05, 0.1) is 24.1 Å². The fourth-order valence-corrected chi connectivity index (χ4v) is 9.01. The zero-order valence-electron chi connectivity index (χ0n) is 34.8. The molecule has 3 aromatic heterocycles. The molecule has 4 amide bonds. The lowest BCUT2D eigenvalue weighted by Crippen LogP contribution is -2.42. The number of thiophene rings is 1. The van der Waals surface area contributed by atoms with Gasteiger partial charge in [0.15, 0.2) is 0 Å². The number of aromatic nitrogens is 3. The van der Waals surface area contributed by atoms with E-state index in [0.29, 0.717) is 65.8 Å². The Morgan fingerprint density at radius 1 is 0.967 bits per heavy atom. The second kappa shape index (κ2) is 20.2. The van der Waals surface area contributed by atoms with Gasteiger partial charge in [-0.2, -0.15) is 0 Å². The molecule has 318 valence electrons. The fraction of sp³-hybridized carbons (Fsp3) is 0.465. The van der Waals surface area contributed by atoms with Crippen LogP contribution in [0.3, 0.4) is 0 Å². The van der Waals surface area contributed by atoms with Crippen molar-refractivity contribution in [2.75, 3.05) is 36.0 Å². The average molecular weight is 856 g/mol. The first-order valence-electron chi connectivity index (χ1n) is 20.6. The van der Waals surface area contributed by atoms with Gasteiger partial charge in [0.1, 0.15) is 46.2 Å². The highest BCUT2D eigenvalue weighted by molar-refractivity contribution is 7.17. The number of carbonyl (C=O) groups is 4. The Balaban J connectivity index is 0.941. The summed E-state index contributed by atoms with van der Waals surface area (Å²) in [6, 6.07) is 8.40. The lowest BCUT2D eigenvalue weighted by molar-refractivity contribution is -0.130. The standard InChI is InChI=1S/C43H54ClN11O4S/c1-26-27(2)60-43-37(26)38(29-15-17-30(44)18-16-29)51-32(39(46)55(43)28(3)45)23-35(57)47-19-11-7-5-6-8-12-20-48-42(59)33-22-31-40(53(33)4)49-25-50-41(31)54-21-13-9-10-14-34(56)52-36(58)24-54/h15-18,22,25,32,45-46H,5-14,19-21,23-24H2,1-4H3,(H,47,57)(H,48,59)(H,52,56,58)/t32-/m0/s1. The van der Waals surface area contributed by atoms with Crippen LogP contribution in [0.1, 0.15) is 110 Å². The SMILES string of the molecule is CC(=N)N1C(=N)[C@H](CC(=O)NCCCCCCCCNC(=O)c2cc3c(N4CCCCCC(=O)NC(=O)C4)ncnc3n2C)N=C(c2ccc(Cl)cc2)c2c1sc(C)c2C. The molecule has 1 saturated heterocycles. The number of nitrogens with one attached hydrogen (secondary N) is 5. The molecular weight excluding hydrogens is 802 g/mol. The number of fused-ring (bicyclic) bond motifs is 2. The molecule has 15 nitrogen and oxygen atoms in total. The number of aryl methyl sites for hydroxylation is 2. The number of amides is 4. The van der Waals surface area contributed by atoms with Crippen molar-refractivity contribution in [3.63, 3.8) is 0 Å². The largest absolute Gasteiger partial charge is 0.356 e. The lowest BCUT2D eigenvalue weighted by atomic mass is 9.99. The third-order valence-electron chi connectivity index (χ3n) is 11.0. The van der Waals surface area contributed by atoms with Gasteiger partial charge in [-0.15, -0.1) is 11.3 Å².